The average molecular weight is 417 g/mol. The largest absolute Gasteiger partial charge is 0.422 e. The zero-order valence-corrected chi connectivity index (χ0v) is 15.8. The van der Waals surface area contributed by atoms with Crippen molar-refractivity contribution < 1.29 is 24.1 Å². The summed E-state index contributed by atoms with van der Waals surface area (Å²) in [5.41, 5.74) is -0.970. The van der Waals surface area contributed by atoms with E-state index in [0.29, 0.717) is 36.9 Å². The molecule has 0 unspecified atom stereocenters. The molecule has 1 heterocycles. The first kappa shape index (κ1) is 20.3. The molecule has 3 rings (SSSR count). The number of hydrogen-bond donors (Lipinski definition) is 0. The summed E-state index contributed by atoms with van der Waals surface area (Å²) in [7, 11) is 0. The summed E-state index contributed by atoms with van der Waals surface area (Å²) in [6.07, 6.45) is 0. The summed E-state index contributed by atoms with van der Waals surface area (Å²) < 4.78 is 10.7. The van der Waals surface area contributed by atoms with Gasteiger partial charge >= 0.3 is 5.97 Å². The number of rotatable bonds is 5. The number of para-hydroxylation sites is 1. The van der Waals surface area contributed by atoms with Gasteiger partial charge in [0.15, 0.2) is 0 Å². The molecule has 0 atom stereocenters. The van der Waals surface area contributed by atoms with Crippen molar-refractivity contribution in [3.63, 3.8) is 0 Å². The van der Waals surface area contributed by atoms with Crippen LogP contribution in [0.4, 0.5) is 11.4 Å². The van der Waals surface area contributed by atoms with Crippen molar-refractivity contribution in [2.75, 3.05) is 26.3 Å². The zero-order valence-electron chi connectivity index (χ0n) is 15.0. The zero-order chi connectivity index (χ0) is 21.0. The van der Waals surface area contributed by atoms with Crippen molar-refractivity contribution in [1.29, 1.82) is 0 Å². The van der Waals surface area contributed by atoms with Gasteiger partial charge in [-0.05, 0) is 12.1 Å². The number of nitro groups is 2. The lowest BCUT2D eigenvalue weighted by atomic mass is 10.1. The van der Waals surface area contributed by atoms with Gasteiger partial charge in [-0.2, -0.15) is 0 Å². The summed E-state index contributed by atoms with van der Waals surface area (Å²) in [5, 5.41) is 22.1. The lowest BCUT2D eigenvalue weighted by Gasteiger charge is -2.29. The van der Waals surface area contributed by atoms with Crippen LogP contribution in [0.15, 0.2) is 42.5 Å². The number of morpholine rings is 1. The Labute approximate surface area is 169 Å². The molecular formula is C18H15N3O7S. The van der Waals surface area contributed by atoms with Crippen LogP contribution in [0.3, 0.4) is 0 Å². The van der Waals surface area contributed by atoms with Gasteiger partial charge in [0.1, 0.15) is 10.7 Å². The highest BCUT2D eigenvalue weighted by molar-refractivity contribution is 7.80. The highest BCUT2D eigenvalue weighted by Crippen LogP contribution is 2.26. The number of nitrogens with zero attached hydrogens (tertiary/aromatic N) is 3. The minimum Gasteiger partial charge on any atom is -0.422 e. The molecule has 29 heavy (non-hydrogen) atoms. The summed E-state index contributed by atoms with van der Waals surface area (Å²) in [4.78, 5) is 35.4. The quantitative estimate of drug-likeness (QED) is 0.237. The number of carbonyl (C=O) groups is 1. The van der Waals surface area contributed by atoms with Crippen LogP contribution in [0.1, 0.15) is 15.9 Å². The van der Waals surface area contributed by atoms with Gasteiger partial charge in [0.2, 0.25) is 0 Å². The van der Waals surface area contributed by atoms with Crippen LogP contribution < -0.4 is 4.74 Å². The van der Waals surface area contributed by atoms with Crippen molar-refractivity contribution in [2.45, 2.75) is 0 Å². The Bertz CT molecular complexity index is 957. The van der Waals surface area contributed by atoms with Crippen molar-refractivity contribution in [2.24, 2.45) is 0 Å². The van der Waals surface area contributed by atoms with Crippen molar-refractivity contribution in [1.82, 2.24) is 4.90 Å². The number of hydrogen-bond acceptors (Lipinski definition) is 8. The molecule has 0 aromatic heterocycles. The van der Waals surface area contributed by atoms with Crippen LogP contribution in [-0.2, 0) is 4.74 Å². The van der Waals surface area contributed by atoms with Gasteiger partial charge in [-0.1, -0.05) is 24.4 Å². The number of thiocarbonyl (C=S) groups is 1. The molecule has 10 nitrogen and oxygen atoms in total. The molecule has 0 amide bonds. The van der Waals surface area contributed by atoms with Gasteiger partial charge in [-0.25, -0.2) is 4.79 Å². The van der Waals surface area contributed by atoms with E-state index in [1.807, 2.05) is 4.90 Å². The van der Waals surface area contributed by atoms with Crippen LogP contribution in [-0.4, -0.2) is 52.0 Å². The molecule has 2 aromatic carbocycles. The molecule has 1 aliphatic heterocycles. The molecule has 0 bridgehead atoms. The Morgan fingerprint density at radius 3 is 2.21 bits per heavy atom. The van der Waals surface area contributed by atoms with Gasteiger partial charge in [-0.15, -0.1) is 0 Å². The normalized spacial score (nSPS) is 13.6. The Morgan fingerprint density at radius 1 is 1.03 bits per heavy atom. The molecule has 1 fully saturated rings. The molecule has 1 saturated heterocycles. The van der Waals surface area contributed by atoms with Crippen molar-refractivity contribution in [3.8, 4) is 5.75 Å². The Balaban J connectivity index is 1.89. The van der Waals surface area contributed by atoms with E-state index >= 15 is 0 Å². The van der Waals surface area contributed by atoms with E-state index in [4.69, 9.17) is 21.7 Å². The van der Waals surface area contributed by atoms with Crippen LogP contribution in [0, 0.1) is 20.2 Å². The lowest BCUT2D eigenvalue weighted by Crippen LogP contribution is -2.40. The van der Waals surface area contributed by atoms with Crippen molar-refractivity contribution in [3.05, 3.63) is 73.8 Å². The first-order valence-electron chi connectivity index (χ1n) is 8.49. The standard InChI is InChI=1S/C18H15N3O7S/c22-18(12-9-13(20(23)24)11-14(10-12)21(25)26)28-16-4-2-1-3-15(16)17(29)19-5-7-27-8-6-19/h1-4,9-11H,5-8H2. The van der Waals surface area contributed by atoms with E-state index in [9.17, 15) is 25.0 Å². The molecule has 150 valence electrons. The van der Waals surface area contributed by atoms with E-state index in [-0.39, 0.29) is 11.3 Å². The highest BCUT2D eigenvalue weighted by Gasteiger charge is 2.23. The third-order valence-electron chi connectivity index (χ3n) is 4.18. The minimum atomic E-state index is -0.964. The summed E-state index contributed by atoms with van der Waals surface area (Å²) >= 11 is 5.51. The molecule has 0 radical (unpaired) electrons. The maximum atomic E-state index is 12.6. The molecule has 11 heteroatoms. The smallest absolute Gasteiger partial charge is 0.344 e. The first-order chi connectivity index (χ1) is 13.9. The summed E-state index contributed by atoms with van der Waals surface area (Å²) in [6.45, 7) is 2.25. The monoisotopic (exact) mass is 417 g/mol. The number of benzene rings is 2. The third kappa shape index (κ3) is 4.70. The molecule has 2 aromatic rings. The number of esters is 1. The lowest BCUT2D eigenvalue weighted by molar-refractivity contribution is -0.394. The van der Waals surface area contributed by atoms with Gasteiger partial charge in [0.25, 0.3) is 11.4 Å². The number of ether oxygens (including phenoxy) is 2. The van der Waals surface area contributed by atoms with E-state index in [1.165, 1.54) is 6.07 Å². The van der Waals surface area contributed by atoms with Crippen LogP contribution in [0.25, 0.3) is 0 Å². The van der Waals surface area contributed by atoms with Crippen LogP contribution in [0.5, 0.6) is 5.75 Å². The van der Waals surface area contributed by atoms with Gasteiger partial charge < -0.3 is 14.4 Å². The predicted octanol–water partition coefficient (Wildman–Crippen LogP) is 2.73. The molecule has 0 aliphatic carbocycles. The molecular weight excluding hydrogens is 402 g/mol. The fourth-order valence-electron chi connectivity index (χ4n) is 2.75. The number of carbonyl (C=O) groups excluding carboxylic acids is 1. The van der Waals surface area contributed by atoms with Gasteiger partial charge in [0, 0.05) is 25.2 Å². The second kappa shape index (κ2) is 8.71. The third-order valence-corrected chi connectivity index (χ3v) is 4.66. The van der Waals surface area contributed by atoms with E-state index in [0.717, 1.165) is 18.2 Å². The first-order valence-corrected chi connectivity index (χ1v) is 8.90. The summed E-state index contributed by atoms with van der Waals surface area (Å²) in [5.74, 6) is -0.808. The van der Waals surface area contributed by atoms with Crippen LogP contribution >= 0.6 is 12.2 Å². The maximum absolute atomic E-state index is 12.6. The van der Waals surface area contributed by atoms with E-state index < -0.39 is 27.2 Å². The molecule has 1 aliphatic rings. The molecule has 0 spiro atoms. The topological polar surface area (TPSA) is 125 Å². The highest BCUT2D eigenvalue weighted by atomic mass is 32.1. The summed E-state index contributed by atoms with van der Waals surface area (Å²) in [6, 6.07) is 9.23. The second-order valence-electron chi connectivity index (χ2n) is 6.04. The molecule has 0 saturated carbocycles. The van der Waals surface area contributed by atoms with Gasteiger partial charge in [-0.3, -0.25) is 20.2 Å². The maximum Gasteiger partial charge on any atom is 0.344 e. The van der Waals surface area contributed by atoms with E-state index in [2.05, 4.69) is 0 Å². The Morgan fingerprint density at radius 2 is 1.62 bits per heavy atom. The predicted molar refractivity (Wildman–Crippen MR) is 105 cm³/mol. The molecule has 0 N–H and O–H groups in total. The minimum absolute atomic E-state index is 0.156. The van der Waals surface area contributed by atoms with Crippen LogP contribution in [0.2, 0.25) is 0 Å². The Hall–Kier alpha value is -3.44. The SMILES string of the molecule is O=C(Oc1ccccc1C(=S)N1CCOCC1)c1cc([N+](=O)[O-])cc([N+](=O)[O-])c1. The van der Waals surface area contributed by atoms with E-state index in [1.54, 1.807) is 18.2 Å². The fourth-order valence-corrected chi connectivity index (χ4v) is 3.10. The average Bonchev–Trinajstić information content (AvgIpc) is 2.73. The van der Waals surface area contributed by atoms with Gasteiger partial charge in [0.05, 0.1) is 40.3 Å². The Kier molecular flexibility index (Phi) is 6.10. The van der Waals surface area contributed by atoms with Crippen molar-refractivity contribution >= 4 is 34.6 Å². The second-order valence-corrected chi connectivity index (χ2v) is 6.43. The number of non-ortho nitro benzene ring substituents is 2. The number of nitro benzene ring substituents is 2. The fraction of sp³-hybridized carbons (Fsp3) is 0.222.